The lowest BCUT2D eigenvalue weighted by Crippen LogP contribution is -2.04. The van der Waals surface area contributed by atoms with Crippen LogP contribution in [-0.4, -0.2) is 21.2 Å². The Labute approximate surface area is 56.9 Å². The summed E-state index contributed by atoms with van der Waals surface area (Å²) in [7, 11) is 0. The molecule has 0 bridgehead atoms. The fraction of sp³-hybridized carbons (Fsp3) is 0.167. The van der Waals surface area contributed by atoms with E-state index in [4.69, 9.17) is 0 Å². The van der Waals surface area contributed by atoms with Gasteiger partial charge in [0.25, 0.3) is 0 Å². The van der Waals surface area contributed by atoms with Crippen molar-refractivity contribution < 1.29 is 4.79 Å². The first kappa shape index (κ1) is 5.34. The molecule has 2 rings (SSSR count). The highest BCUT2D eigenvalue weighted by molar-refractivity contribution is 5.97. The van der Waals surface area contributed by atoms with Gasteiger partial charge in [-0.25, -0.2) is 0 Å². The minimum Gasteiger partial charge on any atom is -0.294 e. The Bertz CT molecular complexity index is 300. The van der Waals surface area contributed by atoms with Gasteiger partial charge in [-0.1, -0.05) is 0 Å². The number of allylic oxidation sites excluding steroid dienone is 1. The number of carbonyl (C=O) groups excluding carboxylic acids is 1. The lowest BCUT2D eigenvalue weighted by molar-refractivity contribution is -0.114. The van der Waals surface area contributed by atoms with Crippen LogP contribution in [0.15, 0.2) is 6.08 Å². The van der Waals surface area contributed by atoms with Crippen LogP contribution in [0.4, 0.5) is 0 Å². The maximum Gasteiger partial charge on any atom is 0.161 e. The Morgan fingerprint density at radius 2 is 2.30 bits per heavy atom. The average Bonchev–Trinajstić information content (AvgIpc) is 2.33. The zero-order valence-electron chi connectivity index (χ0n) is 5.16. The Morgan fingerprint density at radius 3 is 3.20 bits per heavy atom. The highest BCUT2D eigenvalue weighted by atomic mass is 16.1. The Hall–Kier alpha value is -1.45. The van der Waals surface area contributed by atoms with Crippen molar-refractivity contribution in [3.05, 3.63) is 17.5 Å². The first-order chi connectivity index (χ1) is 4.86. The van der Waals surface area contributed by atoms with E-state index < -0.39 is 0 Å². The van der Waals surface area contributed by atoms with E-state index in [1.165, 1.54) is 6.08 Å². The molecule has 0 atom stereocenters. The molecule has 0 aromatic carbocycles. The van der Waals surface area contributed by atoms with Gasteiger partial charge in [0.2, 0.25) is 0 Å². The number of carbonyl (C=O) groups is 1. The number of rotatable bonds is 0. The number of fused-ring (bicyclic) bond motifs is 1. The fourth-order valence-corrected chi connectivity index (χ4v) is 0.920. The molecule has 0 fully saturated rings. The van der Waals surface area contributed by atoms with Gasteiger partial charge in [0.15, 0.2) is 5.78 Å². The van der Waals surface area contributed by atoms with Crippen LogP contribution in [0, 0.1) is 0 Å². The molecule has 0 saturated heterocycles. The molecule has 1 aromatic rings. The smallest absolute Gasteiger partial charge is 0.161 e. The van der Waals surface area contributed by atoms with Crippen molar-refractivity contribution in [2.75, 3.05) is 0 Å². The molecular weight excluding hydrogens is 130 g/mol. The topological polar surface area (TPSA) is 58.6 Å². The number of hydrogen-bond acceptors (Lipinski definition) is 3. The monoisotopic (exact) mass is 135 g/mol. The number of nitrogens with one attached hydrogen (secondary N) is 1. The summed E-state index contributed by atoms with van der Waals surface area (Å²) in [5.41, 5.74) is 1.52. The summed E-state index contributed by atoms with van der Waals surface area (Å²) in [4.78, 5) is 10.8. The quantitative estimate of drug-likeness (QED) is 0.542. The van der Waals surface area contributed by atoms with Crippen LogP contribution in [-0.2, 0) is 11.2 Å². The van der Waals surface area contributed by atoms with Gasteiger partial charge in [-0.15, -0.1) is 0 Å². The molecule has 4 heteroatoms. The molecule has 1 aliphatic carbocycles. The second-order valence-electron chi connectivity index (χ2n) is 2.13. The second-order valence-corrected chi connectivity index (χ2v) is 2.13. The molecule has 1 N–H and O–H groups in total. The van der Waals surface area contributed by atoms with Gasteiger partial charge in [-0.3, -0.25) is 4.79 Å². The van der Waals surface area contributed by atoms with Crippen LogP contribution >= 0.6 is 0 Å². The van der Waals surface area contributed by atoms with E-state index in [1.54, 1.807) is 6.08 Å². The van der Waals surface area contributed by atoms with Gasteiger partial charge < -0.3 is 0 Å². The number of H-pyrrole nitrogens is 1. The van der Waals surface area contributed by atoms with E-state index in [-0.39, 0.29) is 5.78 Å². The lowest BCUT2D eigenvalue weighted by atomic mass is 10.1. The largest absolute Gasteiger partial charge is 0.294 e. The molecule has 50 valence electrons. The standard InChI is InChI=1S/C6H5N3O/c10-4-1-2-5-6(3-4)8-9-7-5/h1-2H,3H2,(H,7,8,9). The summed E-state index contributed by atoms with van der Waals surface area (Å²) >= 11 is 0. The lowest BCUT2D eigenvalue weighted by Gasteiger charge is -1.97. The number of aromatic nitrogens is 3. The van der Waals surface area contributed by atoms with Gasteiger partial charge in [0.05, 0.1) is 12.1 Å². The van der Waals surface area contributed by atoms with E-state index in [0.29, 0.717) is 6.42 Å². The maximum absolute atomic E-state index is 10.8. The second kappa shape index (κ2) is 1.76. The van der Waals surface area contributed by atoms with Gasteiger partial charge in [-0.05, 0) is 12.2 Å². The summed E-state index contributed by atoms with van der Waals surface area (Å²) in [6.07, 6.45) is 3.57. The van der Waals surface area contributed by atoms with Crippen molar-refractivity contribution in [3.63, 3.8) is 0 Å². The van der Waals surface area contributed by atoms with E-state index >= 15 is 0 Å². The van der Waals surface area contributed by atoms with Gasteiger partial charge in [0.1, 0.15) is 5.69 Å². The van der Waals surface area contributed by atoms with E-state index in [0.717, 1.165) is 11.4 Å². The summed E-state index contributed by atoms with van der Waals surface area (Å²) < 4.78 is 0. The summed E-state index contributed by atoms with van der Waals surface area (Å²) in [5, 5.41) is 10.1. The number of hydrogen-bond donors (Lipinski definition) is 1. The highest BCUT2D eigenvalue weighted by Crippen LogP contribution is 2.10. The molecule has 0 spiro atoms. The fourth-order valence-electron chi connectivity index (χ4n) is 0.920. The maximum atomic E-state index is 10.8. The van der Waals surface area contributed by atoms with Crippen LogP contribution in [0.2, 0.25) is 0 Å². The van der Waals surface area contributed by atoms with Crippen molar-refractivity contribution in [1.29, 1.82) is 0 Å². The van der Waals surface area contributed by atoms with E-state index in [9.17, 15) is 4.79 Å². The molecule has 1 aliphatic rings. The average molecular weight is 135 g/mol. The summed E-state index contributed by atoms with van der Waals surface area (Å²) in [6, 6.07) is 0. The normalized spacial score (nSPS) is 15.4. The zero-order chi connectivity index (χ0) is 6.97. The first-order valence-corrected chi connectivity index (χ1v) is 2.97. The zero-order valence-corrected chi connectivity index (χ0v) is 5.16. The Kier molecular flexibility index (Phi) is 0.943. The van der Waals surface area contributed by atoms with Crippen LogP contribution in [0.1, 0.15) is 11.4 Å². The highest BCUT2D eigenvalue weighted by Gasteiger charge is 2.12. The molecule has 0 unspecified atom stereocenters. The van der Waals surface area contributed by atoms with Crippen molar-refractivity contribution in [2.24, 2.45) is 0 Å². The minimum absolute atomic E-state index is 0.0846. The molecule has 0 aliphatic heterocycles. The number of ketones is 1. The third-order valence-electron chi connectivity index (χ3n) is 1.42. The van der Waals surface area contributed by atoms with Crippen LogP contribution in [0.25, 0.3) is 6.08 Å². The minimum atomic E-state index is 0.0846. The first-order valence-electron chi connectivity index (χ1n) is 2.97. The SMILES string of the molecule is O=C1C=Cc2n[nH]nc2C1. The van der Waals surface area contributed by atoms with Gasteiger partial charge in [0, 0.05) is 0 Å². The molecule has 1 aromatic heterocycles. The van der Waals surface area contributed by atoms with Gasteiger partial charge in [-0.2, -0.15) is 15.4 Å². The van der Waals surface area contributed by atoms with E-state index in [2.05, 4.69) is 15.4 Å². The third-order valence-corrected chi connectivity index (χ3v) is 1.42. The molecule has 0 radical (unpaired) electrons. The van der Waals surface area contributed by atoms with Crippen molar-refractivity contribution in [2.45, 2.75) is 6.42 Å². The van der Waals surface area contributed by atoms with Crippen LogP contribution in [0.3, 0.4) is 0 Å². The van der Waals surface area contributed by atoms with Crippen molar-refractivity contribution in [3.8, 4) is 0 Å². The molecule has 1 heterocycles. The molecule has 4 nitrogen and oxygen atoms in total. The Morgan fingerprint density at radius 1 is 1.40 bits per heavy atom. The number of nitrogens with zero attached hydrogens (tertiary/aromatic N) is 2. The summed E-state index contributed by atoms with van der Waals surface area (Å²) in [5.74, 6) is 0.0846. The molecule has 10 heavy (non-hydrogen) atoms. The van der Waals surface area contributed by atoms with Crippen molar-refractivity contribution >= 4 is 11.9 Å². The molecular formula is C6H5N3O. The predicted molar refractivity (Wildman–Crippen MR) is 34.1 cm³/mol. The number of aromatic amines is 1. The van der Waals surface area contributed by atoms with Gasteiger partial charge >= 0.3 is 0 Å². The molecule has 0 amide bonds. The third kappa shape index (κ3) is 0.655. The van der Waals surface area contributed by atoms with E-state index in [1.807, 2.05) is 0 Å². The predicted octanol–water partition coefficient (Wildman–Crippen LogP) is -0.0569. The summed E-state index contributed by atoms with van der Waals surface area (Å²) in [6.45, 7) is 0. The van der Waals surface area contributed by atoms with Crippen LogP contribution < -0.4 is 0 Å². The molecule has 0 saturated carbocycles. The van der Waals surface area contributed by atoms with Crippen molar-refractivity contribution in [1.82, 2.24) is 15.4 Å². The van der Waals surface area contributed by atoms with Crippen LogP contribution in [0.5, 0.6) is 0 Å². The Balaban J connectivity index is 2.52.